The molecule has 0 aliphatic heterocycles. The normalized spacial score (nSPS) is 11.3. The van der Waals surface area contributed by atoms with Crippen LogP contribution in [0.1, 0.15) is 17.3 Å². The molecule has 0 bridgehead atoms. The Bertz CT molecular complexity index is 754. The maximum absolute atomic E-state index is 11.9. The molecule has 7 heteroatoms. The Morgan fingerprint density at radius 2 is 2.00 bits per heavy atom. The molecule has 0 aliphatic carbocycles. The molecular formula is C13H13NO5S. The lowest BCUT2D eigenvalue weighted by molar-refractivity contribution is 0.0524. The number of para-hydroxylation sites is 1. The average molecular weight is 295 g/mol. The van der Waals surface area contributed by atoms with E-state index in [4.69, 9.17) is 8.92 Å². The Morgan fingerprint density at radius 3 is 2.65 bits per heavy atom. The van der Waals surface area contributed by atoms with Gasteiger partial charge in [0, 0.05) is 5.39 Å². The number of rotatable bonds is 4. The van der Waals surface area contributed by atoms with Gasteiger partial charge in [0.2, 0.25) is 5.88 Å². The number of aromatic nitrogens is 1. The number of hydrogen-bond donors (Lipinski definition) is 0. The molecule has 0 spiro atoms. The van der Waals surface area contributed by atoms with Crippen molar-refractivity contribution in [3.05, 3.63) is 35.9 Å². The third kappa shape index (κ3) is 3.24. The number of carbonyl (C=O) groups is 1. The molecule has 0 saturated heterocycles. The first-order chi connectivity index (χ1) is 9.40. The van der Waals surface area contributed by atoms with Gasteiger partial charge in [-0.25, -0.2) is 9.78 Å². The van der Waals surface area contributed by atoms with Crippen molar-refractivity contribution in [2.45, 2.75) is 6.92 Å². The van der Waals surface area contributed by atoms with E-state index >= 15 is 0 Å². The van der Waals surface area contributed by atoms with Crippen molar-refractivity contribution in [2.75, 3.05) is 12.9 Å². The third-order valence-electron chi connectivity index (χ3n) is 2.41. The number of nitrogens with zero attached hydrogens (tertiary/aromatic N) is 1. The van der Waals surface area contributed by atoms with Gasteiger partial charge < -0.3 is 8.92 Å². The highest BCUT2D eigenvalue weighted by atomic mass is 32.2. The molecular weight excluding hydrogens is 282 g/mol. The van der Waals surface area contributed by atoms with Crippen molar-refractivity contribution in [1.82, 2.24) is 4.98 Å². The van der Waals surface area contributed by atoms with Crippen LogP contribution in [0.2, 0.25) is 0 Å². The second-order valence-corrected chi connectivity index (χ2v) is 5.62. The first-order valence-electron chi connectivity index (χ1n) is 5.87. The van der Waals surface area contributed by atoms with Gasteiger partial charge in [0.15, 0.2) is 0 Å². The van der Waals surface area contributed by atoms with Crippen molar-refractivity contribution < 1.29 is 22.1 Å². The van der Waals surface area contributed by atoms with Crippen molar-refractivity contribution in [1.29, 1.82) is 0 Å². The largest absolute Gasteiger partial charge is 0.462 e. The maximum atomic E-state index is 11.9. The topological polar surface area (TPSA) is 82.6 Å². The summed E-state index contributed by atoms with van der Waals surface area (Å²) in [5.74, 6) is -0.950. The minimum absolute atomic E-state index is 0.0176. The summed E-state index contributed by atoms with van der Waals surface area (Å²) >= 11 is 0. The van der Waals surface area contributed by atoms with Gasteiger partial charge in [-0.05, 0) is 19.1 Å². The van der Waals surface area contributed by atoms with E-state index in [1.807, 2.05) is 0 Å². The van der Waals surface area contributed by atoms with E-state index in [1.165, 1.54) is 6.07 Å². The van der Waals surface area contributed by atoms with Crippen LogP contribution < -0.4 is 4.18 Å². The monoisotopic (exact) mass is 295 g/mol. The lowest BCUT2D eigenvalue weighted by Gasteiger charge is -2.09. The second-order valence-electron chi connectivity index (χ2n) is 4.04. The van der Waals surface area contributed by atoms with Gasteiger partial charge >= 0.3 is 16.1 Å². The third-order valence-corrected chi connectivity index (χ3v) is 2.88. The molecule has 2 rings (SSSR count). The first-order valence-corrected chi connectivity index (χ1v) is 7.68. The van der Waals surface area contributed by atoms with E-state index in [-0.39, 0.29) is 18.1 Å². The molecule has 1 aromatic heterocycles. The van der Waals surface area contributed by atoms with Crippen LogP contribution in [-0.4, -0.2) is 32.2 Å². The molecule has 1 heterocycles. The zero-order valence-electron chi connectivity index (χ0n) is 11.0. The Hall–Kier alpha value is -2.15. The number of fused-ring (bicyclic) bond motifs is 1. The summed E-state index contributed by atoms with van der Waals surface area (Å²) in [6, 6.07) is 8.50. The van der Waals surface area contributed by atoms with Crippen molar-refractivity contribution >= 4 is 27.0 Å². The molecule has 1 aromatic carbocycles. The molecule has 106 valence electrons. The van der Waals surface area contributed by atoms with E-state index in [1.54, 1.807) is 31.2 Å². The van der Waals surface area contributed by atoms with Gasteiger partial charge in [-0.15, -0.1) is 0 Å². The number of ether oxygens (including phenoxy) is 1. The molecule has 0 radical (unpaired) electrons. The molecule has 6 nitrogen and oxygen atoms in total. The van der Waals surface area contributed by atoms with Crippen molar-refractivity contribution in [3.8, 4) is 5.88 Å². The fourth-order valence-electron chi connectivity index (χ4n) is 1.66. The highest BCUT2D eigenvalue weighted by Crippen LogP contribution is 2.24. The average Bonchev–Trinajstić information content (AvgIpc) is 2.36. The summed E-state index contributed by atoms with van der Waals surface area (Å²) in [5, 5.41) is 0.691. The number of carbonyl (C=O) groups excluding carboxylic acids is 1. The minimum atomic E-state index is -3.79. The molecule has 0 amide bonds. The lowest BCUT2D eigenvalue weighted by atomic mass is 10.1. The zero-order chi connectivity index (χ0) is 14.8. The van der Waals surface area contributed by atoms with Crippen molar-refractivity contribution in [3.63, 3.8) is 0 Å². The highest BCUT2D eigenvalue weighted by Gasteiger charge is 2.20. The Kier molecular flexibility index (Phi) is 3.89. The maximum Gasteiger partial charge on any atom is 0.343 e. The van der Waals surface area contributed by atoms with Gasteiger partial charge in [-0.3, -0.25) is 0 Å². The number of hydrogen-bond acceptors (Lipinski definition) is 6. The van der Waals surface area contributed by atoms with Crippen LogP contribution in [0, 0.1) is 0 Å². The molecule has 0 fully saturated rings. The number of pyridine rings is 1. The van der Waals surface area contributed by atoms with Crippen LogP contribution in [0.25, 0.3) is 10.9 Å². The molecule has 0 saturated carbocycles. The highest BCUT2D eigenvalue weighted by molar-refractivity contribution is 7.86. The predicted molar refractivity (Wildman–Crippen MR) is 73.2 cm³/mol. The molecule has 0 N–H and O–H groups in total. The van der Waals surface area contributed by atoms with Crippen molar-refractivity contribution in [2.24, 2.45) is 0 Å². The molecule has 20 heavy (non-hydrogen) atoms. The van der Waals surface area contributed by atoms with Gasteiger partial charge in [0.1, 0.15) is 5.56 Å². The van der Waals surface area contributed by atoms with Crippen LogP contribution in [-0.2, 0) is 14.9 Å². The fraction of sp³-hybridized carbons (Fsp3) is 0.231. The predicted octanol–water partition coefficient (Wildman–Crippen LogP) is 1.75. The zero-order valence-corrected chi connectivity index (χ0v) is 11.8. The van der Waals surface area contributed by atoms with Gasteiger partial charge in [0.25, 0.3) is 0 Å². The number of esters is 1. The first kappa shape index (κ1) is 14.3. The van der Waals surface area contributed by atoms with Gasteiger partial charge in [-0.2, -0.15) is 8.42 Å². The molecule has 0 aliphatic rings. The van der Waals surface area contributed by atoms with Crippen LogP contribution >= 0.6 is 0 Å². The summed E-state index contributed by atoms with van der Waals surface area (Å²) in [4.78, 5) is 15.9. The van der Waals surface area contributed by atoms with Crippen LogP contribution in [0.3, 0.4) is 0 Å². The molecule has 2 aromatic rings. The quantitative estimate of drug-likeness (QED) is 0.631. The summed E-state index contributed by atoms with van der Waals surface area (Å²) in [7, 11) is -3.79. The fourth-order valence-corrected chi connectivity index (χ4v) is 2.07. The van der Waals surface area contributed by atoms with E-state index in [9.17, 15) is 13.2 Å². The molecule has 0 unspecified atom stereocenters. The van der Waals surface area contributed by atoms with E-state index in [0.29, 0.717) is 10.9 Å². The smallest absolute Gasteiger partial charge is 0.343 e. The second kappa shape index (κ2) is 5.46. The van der Waals surface area contributed by atoms with Gasteiger partial charge in [-0.1, -0.05) is 18.2 Å². The van der Waals surface area contributed by atoms with E-state index < -0.39 is 16.1 Å². The van der Waals surface area contributed by atoms with E-state index in [0.717, 1.165) is 6.26 Å². The van der Waals surface area contributed by atoms with Crippen LogP contribution in [0.4, 0.5) is 0 Å². The van der Waals surface area contributed by atoms with E-state index in [2.05, 4.69) is 4.98 Å². The minimum Gasteiger partial charge on any atom is -0.462 e. The summed E-state index contributed by atoms with van der Waals surface area (Å²) in [6.07, 6.45) is 0.888. The van der Waals surface area contributed by atoms with Crippen LogP contribution in [0.15, 0.2) is 30.3 Å². The SMILES string of the molecule is CCOC(=O)c1cc2ccccc2nc1OS(C)(=O)=O. The Balaban J connectivity index is 2.61. The summed E-state index contributed by atoms with van der Waals surface area (Å²) in [5.41, 5.74) is 0.509. The number of benzene rings is 1. The summed E-state index contributed by atoms with van der Waals surface area (Å²) < 4.78 is 32.2. The van der Waals surface area contributed by atoms with Crippen LogP contribution in [0.5, 0.6) is 5.88 Å². The standard InChI is InChI=1S/C13H13NO5S/c1-3-18-13(15)10-8-9-6-4-5-7-11(9)14-12(10)19-20(2,16)17/h4-8H,3H2,1-2H3. The Labute approximate surface area is 116 Å². The lowest BCUT2D eigenvalue weighted by Crippen LogP contribution is -2.13. The van der Waals surface area contributed by atoms with Gasteiger partial charge in [0.05, 0.1) is 18.4 Å². The molecule has 0 atom stereocenters. The summed E-state index contributed by atoms with van der Waals surface area (Å²) in [6.45, 7) is 1.83. The Morgan fingerprint density at radius 1 is 1.30 bits per heavy atom.